The monoisotopic (exact) mass is 705 g/mol. The molecule has 0 aliphatic carbocycles. The van der Waals surface area contributed by atoms with E-state index < -0.39 is 21.7 Å². The summed E-state index contributed by atoms with van der Waals surface area (Å²) in [4.78, 5) is 31.5. The van der Waals surface area contributed by atoms with Crippen LogP contribution >= 0.6 is 22.7 Å². The standard InChI is InChI=1S/C30H39N7O7S3/c1-30(2,3)44-29(39)31-9-13-42-15-16-43-14-12-36-10-5-11-37-22(20-36)19-24(34-37)27(38)33-28-32-23-8-7-21(18-25(23)46-28)35-47(40,41)26-6-4-17-45-26/h4,6-8,17-19,35H,5,9-16,20H2,1-3H3,(H,31,39)(H,32,33,38). The summed E-state index contributed by atoms with van der Waals surface area (Å²) in [5.41, 5.74) is 1.77. The van der Waals surface area contributed by atoms with Gasteiger partial charge in [0.1, 0.15) is 9.81 Å². The van der Waals surface area contributed by atoms with Crippen LogP contribution < -0.4 is 15.4 Å². The summed E-state index contributed by atoms with van der Waals surface area (Å²) < 4.78 is 47.0. The normalized spacial score (nSPS) is 14.0. The summed E-state index contributed by atoms with van der Waals surface area (Å²) in [5, 5.41) is 12.1. The Morgan fingerprint density at radius 2 is 1.85 bits per heavy atom. The molecule has 17 heteroatoms. The Morgan fingerprint density at radius 3 is 2.62 bits per heavy atom. The number of thiazole rings is 1. The van der Waals surface area contributed by atoms with E-state index in [0.29, 0.717) is 68.1 Å². The first-order chi connectivity index (χ1) is 22.4. The van der Waals surface area contributed by atoms with Crippen LogP contribution in [-0.2, 0) is 37.3 Å². The fourth-order valence-corrected chi connectivity index (χ4v) is 7.65. The molecule has 14 nitrogen and oxygen atoms in total. The predicted octanol–water partition coefficient (Wildman–Crippen LogP) is 4.37. The van der Waals surface area contributed by atoms with E-state index in [1.54, 1.807) is 41.8 Å². The number of alkyl carbamates (subject to hydrolysis) is 1. The van der Waals surface area contributed by atoms with Crippen molar-refractivity contribution >= 4 is 65.7 Å². The average Bonchev–Trinajstić information content (AvgIpc) is 3.74. The molecule has 1 aliphatic rings. The third kappa shape index (κ3) is 10.2. The van der Waals surface area contributed by atoms with Crippen molar-refractivity contribution in [1.82, 2.24) is 25.0 Å². The number of sulfonamides is 1. The molecule has 47 heavy (non-hydrogen) atoms. The van der Waals surface area contributed by atoms with Gasteiger partial charge in [-0.25, -0.2) is 18.2 Å². The lowest BCUT2D eigenvalue weighted by atomic mass is 10.2. The van der Waals surface area contributed by atoms with E-state index in [0.717, 1.165) is 41.2 Å². The molecule has 1 aromatic carbocycles. The largest absolute Gasteiger partial charge is 0.444 e. The highest BCUT2D eigenvalue weighted by atomic mass is 32.2. The quantitative estimate of drug-likeness (QED) is 0.160. The molecule has 0 bridgehead atoms. The van der Waals surface area contributed by atoms with E-state index in [1.165, 1.54) is 11.3 Å². The number of ether oxygens (including phenoxy) is 3. The summed E-state index contributed by atoms with van der Waals surface area (Å²) >= 11 is 2.40. The number of fused-ring (bicyclic) bond motifs is 2. The molecule has 5 rings (SSSR count). The van der Waals surface area contributed by atoms with Gasteiger partial charge in [-0.05, 0) is 62.9 Å². The molecule has 1 aliphatic heterocycles. The molecule has 4 aromatic rings. The van der Waals surface area contributed by atoms with Crippen molar-refractivity contribution in [3.8, 4) is 0 Å². The van der Waals surface area contributed by atoms with Crippen LogP contribution in [0.5, 0.6) is 0 Å². The van der Waals surface area contributed by atoms with Crippen LogP contribution in [0.2, 0.25) is 0 Å². The highest BCUT2D eigenvalue weighted by Crippen LogP contribution is 2.30. The zero-order valence-corrected chi connectivity index (χ0v) is 28.9. The van der Waals surface area contributed by atoms with Gasteiger partial charge in [0.2, 0.25) is 0 Å². The van der Waals surface area contributed by atoms with Gasteiger partial charge in [-0.3, -0.25) is 24.4 Å². The minimum atomic E-state index is -3.67. The molecule has 0 saturated heterocycles. The molecule has 4 heterocycles. The number of hydrogen-bond acceptors (Lipinski definition) is 12. The zero-order valence-electron chi connectivity index (χ0n) is 26.5. The number of amides is 2. The first kappa shape index (κ1) is 34.7. The Labute approximate surface area is 281 Å². The van der Waals surface area contributed by atoms with Gasteiger partial charge in [0.15, 0.2) is 10.8 Å². The molecular formula is C30H39N7O7S3. The molecule has 0 spiro atoms. The van der Waals surface area contributed by atoms with Gasteiger partial charge in [-0.1, -0.05) is 17.4 Å². The van der Waals surface area contributed by atoms with E-state index in [9.17, 15) is 18.0 Å². The number of carbonyl (C=O) groups excluding carboxylic acids is 2. The second-order valence-corrected chi connectivity index (χ2v) is 15.6. The molecule has 0 saturated carbocycles. The lowest BCUT2D eigenvalue weighted by molar-refractivity contribution is 0.0340. The maximum Gasteiger partial charge on any atom is 0.407 e. The molecule has 0 fully saturated rings. The number of carbonyl (C=O) groups is 2. The first-order valence-corrected chi connectivity index (χ1v) is 18.3. The van der Waals surface area contributed by atoms with E-state index >= 15 is 0 Å². The van der Waals surface area contributed by atoms with Crippen LogP contribution in [0.25, 0.3) is 10.2 Å². The van der Waals surface area contributed by atoms with Crippen molar-refractivity contribution in [3.63, 3.8) is 0 Å². The number of thiophene rings is 1. The Morgan fingerprint density at radius 1 is 1.04 bits per heavy atom. The van der Waals surface area contributed by atoms with Gasteiger partial charge in [0.05, 0.1) is 48.0 Å². The summed E-state index contributed by atoms with van der Waals surface area (Å²) in [7, 11) is -3.67. The number of rotatable bonds is 14. The average molecular weight is 706 g/mol. The molecule has 0 unspecified atom stereocenters. The first-order valence-electron chi connectivity index (χ1n) is 15.1. The van der Waals surface area contributed by atoms with Crippen molar-refractivity contribution in [1.29, 1.82) is 0 Å². The van der Waals surface area contributed by atoms with E-state index in [2.05, 4.69) is 30.3 Å². The minimum absolute atomic E-state index is 0.231. The van der Waals surface area contributed by atoms with Gasteiger partial charge in [0.25, 0.3) is 15.9 Å². The summed E-state index contributed by atoms with van der Waals surface area (Å²) in [6, 6.07) is 10.1. The van der Waals surface area contributed by atoms with E-state index in [4.69, 9.17) is 14.2 Å². The maximum atomic E-state index is 13.1. The zero-order chi connectivity index (χ0) is 33.4. The molecule has 0 atom stereocenters. The van der Waals surface area contributed by atoms with Crippen molar-refractivity contribution in [2.24, 2.45) is 0 Å². The fourth-order valence-electron chi connectivity index (χ4n) is 4.71. The van der Waals surface area contributed by atoms with Crippen molar-refractivity contribution in [2.75, 3.05) is 56.1 Å². The SMILES string of the molecule is CC(C)(C)OC(=O)NCCOCCOCCN1CCCn2nc(C(=O)Nc3nc4ccc(NS(=O)(=O)c5cccs5)cc4s3)cc2C1. The van der Waals surface area contributed by atoms with Gasteiger partial charge < -0.3 is 19.5 Å². The molecule has 2 amide bonds. The van der Waals surface area contributed by atoms with Crippen molar-refractivity contribution < 1.29 is 32.2 Å². The third-order valence-electron chi connectivity index (χ3n) is 6.79. The Hall–Kier alpha value is -3.61. The molecule has 3 N–H and O–H groups in total. The molecule has 3 aromatic heterocycles. The van der Waals surface area contributed by atoms with Gasteiger partial charge in [0, 0.05) is 32.7 Å². The second kappa shape index (κ2) is 15.5. The number of nitrogens with zero attached hydrogens (tertiary/aromatic N) is 4. The Kier molecular flexibility index (Phi) is 11.5. The topological polar surface area (TPSA) is 166 Å². The fraction of sp³-hybridized carbons (Fsp3) is 0.467. The lowest BCUT2D eigenvalue weighted by Crippen LogP contribution is -2.34. The molecule has 254 valence electrons. The van der Waals surface area contributed by atoms with Crippen LogP contribution in [0.1, 0.15) is 43.4 Å². The van der Waals surface area contributed by atoms with Gasteiger partial charge in [-0.15, -0.1) is 11.3 Å². The van der Waals surface area contributed by atoms with Crippen LogP contribution in [0.15, 0.2) is 46.0 Å². The van der Waals surface area contributed by atoms with Crippen LogP contribution in [0, 0.1) is 0 Å². The predicted molar refractivity (Wildman–Crippen MR) is 181 cm³/mol. The second-order valence-electron chi connectivity index (χ2n) is 11.7. The highest BCUT2D eigenvalue weighted by Gasteiger charge is 2.21. The number of hydrogen-bond donors (Lipinski definition) is 3. The Balaban J connectivity index is 1.05. The third-order valence-corrected chi connectivity index (χ3v) is 10.5. The molecule has 0 radical (unpaired) electrons. The summed E-state index contributed by atoms with van der Waals surface area (Å²) in [5.74, 6) is -0.362. The number of aromatic nitrogens is 3. The van der Waals surface area contributed by atoms with Crippen molar-refractivity contribution in [3.05, 3.63) is 53.2 Å². The van der Waals surface area contributed by atoms with Crippen LogP contribution in [0.4, 0.5) is 15.6 Å². The number of aryl methyl sites for hydroxylation is 1. The summed E-state index contributed by atoms with van der Waals surface area (Å²) in [6.07, 6.45) is 0.423. The maximum absolute atomic E-state index is 13.1. The smallest absolute Gasteiger partial charge is 0.407 e. The van der Waals surface area contributed by atoms with Crippen LogP contribution in [0.3, 0.4) is 0 Å². The van der Waals surface area contributed by atoms with E-state index in [-0.39, 0.29) is 10.1 Å². The van der Waals surface area contributed by atoms with Crippen molar-refractivity contribution in [2.45, 2.75) is 50.1 Å². The number of nitrogens with one attached hydrogen (secondary N) is 3. The van der Waals surface area contributed by atoms with Gasteiger partial charge >= 0.3 is 6.09 Å². The van der Waals surface area contributed by atoms with Crippen LogP contribution in [-0.4, -0.2) is 91.7 Å². The van der Waals surface area contributed by atoms with E-state index in [1.807, 2.05) is 25.5 Å². The van der Waals surface area contributed by atoms with Gasteiger partial charge in [-0.2, -0.15) is 5.10 Å². The Bertz CT molecular complexity index is 1770. The number of benzene rings is 1. The number of anilines is 2. The minimum Gasteiger partial charge on any atom is -0.444 e. The lowest BCUT2D eigenvalue weighted by Gasteiger charge is -2.19. The summed E-state index contributed by atoms with van der Waals surface area (Å²) in [6.45, 7) is 10.5. The molecular weight excluding hydrogens is 667 g/mol. The highest BCUT2D eigenvalue weighted by molar-refractivity contribution is 7.94.